The quantitative estimate of drug-likeness (QED) is 0.818. The molecule has 0 fully saturated rings. The summed E-state index contributed by atoms with van der Waals surface area (Å²) in [6.07, 6.45) is 0.909. The fourth-order valence-corrected chi connectivity index (χ4v) is 3.79. The van der Waals surface area contributed by atoms with E-state index >= 15 is 0 Å². The van der Waals surface area contributed by atoms with Gasteiger partial charge in [0, 0.05) is 17.3 Å². The molecule has 0 bridgehead atoms. The van der Waals surface area contributed by atoms with E-state index < -0.39 is 0 Å². The van der Waals surface area contributed by atoms with Crippen molar-refractivity contribution in [1.82, 2.24) is 10.3 Å². The number of hydrogen-bond donors (Lipinski definition) is 1. The molecule has 0 aliphatic carbocycles. The van der Waals surface area contributed by atoms with Gasteiger partial charge in [-0.05, 0) is 54.0 Å². The Hall–Kier alpha value is -0.910. The molecule has 0 aliphatic heterocycles. The lowest BCUT2D eigenvalue weighted by Crippen LogP contribution is -2.23. The van der Waals surface area contributed by atoms with E-state index in [1.54, 1.807) is 18.4 Å². The van der Waals surface area contributed by atoms with E-state index in [2.05, 4.69) is 59.1 Å². The summed E-state index contributed by atoms with van der Waals surface area (Å²) < 4.78 is 6.28. The molecule has 0 radical (unpaired) electrons. The van der Waals surface area contributed by atoms with Gasteiger partial charge < -0.3 is 10.1 Å². The first-order valence-corrected chi connectivity index (χ1v) is 8.65. The van der Waals surface area contributed by atoms with Crippen LogP contribution in [0.5, 0.6) is 5.75 Å². The first kappa shape index (κ1) is 16.5. The summed E-state index contributed by atoms with van der Waals surface area (Å²) >= 11 is 5.35. The van der Waals surface area contributed by atoms with Crippen molar-refractivity contribution in [2.45, 2.75) is 33.2 Å². The predicted octanol–water partition coefficient (Wildman–Crippen LogP) is 4.42. The van der Waals surface area contributed by atoms with E-state index in [4.69, 9.17) is 4.74 Å². The van der Waals surface area contributed by atoms with E-state index in [0.29, 0.717) is 0 Å². The molecule has 1 atom stereocenters. The van der Waals surface area contributed by atoms with Crippen molar-refractivity contribution in [3.63, 3.8) is 0 Å². The highest BCUT2D eigenvalue weighted by molar-refractivity contribution is 9.10. The molecule has 1 aromatic carbocycles. The topological polar surface area (TPSA) is 34.2 Å². The average molecular weight is 369 g/mol. The predicted molar refractivity (Wildman–Crippen MR) is 92.4 cm³/mol. The van der Waals surface area contributed by atoms with Crippen LogP contribution in [0.4, 0.5) is 0 Å². The second kappa shape index (κ2) is 7.38. The Kier molecular flexibility index (Phi) is 5.79. The van der Waals surface area contributed by atoms with Gasteiger partial charge in [-0.2, -0.15) is 0 Å². The maximum Gasteiger partial charge on any atom is 0.133 e. The number of benzene rings is 1. The van der Waals surface area contributed by atoms with Gasteiger partial charge in [0.1, 0.15) is 5.75 Å². The molecule has 114 valence electrons. The molecule has 1 N–H and O–H groups in total. The van der Waals surface area contributed by atoms with Crippen molar-refractivity contribution in [1.29, 1.82) is 0 Å². The zero-order valence-corrected chi connectivity index (χ0v) is 15.3. The zero-order valence-electron chi connectivity index (χ0n) is 12.9. The highest BCUT2D eigenvalue weighted by atomic mass is 79.9. The summed E-state index contributed by atoms with van der Waals surface area (Å²) in [5.41, 5.74) is 2.39. The van der Waals surface area contributed by atoms with Gasteiger partial charge in [0.2, 0.25) is 0 Å². The molecule has 1 aromatic heterocycles. The highest BCUT2D eigenvalue weighted by Gasteiger charge is 2.15. The minimum Gasteiger partial charge on any atom is -0.496 e. The summed E-state index contributed by atoms with van der Waals surface area (Å²) in [5.74, 6) is 0.856. The number of ether oxygens (including phenoxy) is 1. The van der Waals surface area contributed by atoms with E-state index in [-0.39, 0.29) is 6.04 Å². The summed E-state index contributed by atoms with van der Waals surface area (Å²) in [4.78, 5) is 5.96. The second-order valence-electron chi connectivity index (χ2n) is 4.96. The van der Waals surface area contributed by atoms with Crippen molar-refractivity contribution >= 4 is 27.3 Å². The number of nitrogens with zero attached hydrogens (tertiary/aromatic N) is 1. The molecule has 1 heterocycles. The van der Waals surface area contributed by atoms with Crippen molar-refractivity contribution in [3.8, 4) is 5.75 Å². The van der Waals surface area contributed by atoms with Gasteiger partial charge in [-0.1, -0.05) is 13.0 Å². The van der Waals surface area contributed by atoms with Gasteiger partial charge in [0.05, 0.1) is 22.3 Å². The molecule has 2 aromatic rings. The average Bonchev–Trinajstić information content (AvgIpc) is 2.77. The van der Waals surface area contributed by atoms with Crippen molar-refractivity contribution in [3.05, 3.63) is 43.8 Å². The maximum atomic E-state index is 5.30. The number of nitrogens with one attached hydrogen (secondary N) is 1. The molecule has 5 heteroatoms. The zero-order chi connectivity index (χ0) is 15.4. The molecule has 0 spiro atoms. The number of likely N-dealkylation sites (N-methyl/N-ethyl adjacent to an activating group) is 1. The molecule has 1 unspecified atom stereocenters. The van der Waals surface area contributed by atoms with E-state index in [9.17, 15) is 0 Å². The lowest BCUT2D eigenvalue weighted by molar-refractivity contribution is 0.411. The Morgan fingerprint density at radius 1 is 1.38 bits per heavy atom. The normalized spacial score (nSPS) is 12.4. The first-order chi connectivity index (χ1) is 10.0. The summed E-state index contributed by atoms with van der Waals surface area (Å²) in [5, 5.41) is 4.73. The third-order valence-electron chi connectivity index (χ3n) is 3.48. The maximum absolute atomic E-state index is 5.30. The fourth-order valence-electron chi connectivity index (χ4n) is 2.25. The first-order valence-electron chi connectivity index (χ1n) is 7.04. The molecule has 2 rings (SSSR count). The van der Waals surface area contributed by atoms with Gasteiger partial charge in [-0.3, -0.25) is 0 Å². The van der Waals surface area contributed by atoms with E-state index in [0.717, 1.165) is 28.9 Å². The third kappa shape index (κ3) is 4.05. The molecule has 0 saturated heterocycles. The second-order valence-corrected chi connectivity index (χ2v) is 7.10. The fraction of sp³-hybridized carbons (Fsp3) is 0.438. The van der Waals surface area contributed by atoms with Crippen molar-refractivity contribution in [2.75, 3.05) is 13.7 Å². The summed E-state index contributed by atoms with van der Waals surface area (Å²) in [6, 6.07) is 6.51. The van der Waals surface area contributed by atoms with Crippen molar-refractivity contribution < 1.29 is 4.74 Å². The van der Waals surface area contributed by atoms with Crippen LogP contribution in [0.25, 0.3) is 0 Å². The molecule has 21 heavy (non-hydrogen) atoms. The number of halogens is 1. The van der Waals surface area contributed by atoms with Gasteiger partial charge in [-0.15, -0.1) is 11.3 Å². The van der Waals surface area contributed by atoms with Gasteiger partial charge in [0.15, 0.2) is 0 Å². The minimum atomic E-state index is 0.266. The summed E-state index contributed by atoms with van der Waals surface area (Å²) in [7, 11) is 1.68. The molecular formula is C16H21BrN2OS. The van der Waals surface area contributed by atoms with Gasteiger partial charge >= 0.3 is 0 Å². The van der Waals surface area contributed by atoms with Crippen LogP contribution in [0.2, 0.25) is 0 Å². The van der Waals surface area contributed by atoms with E-state index in [1.807, 2.05) is 6.07 Å². The Balaban J connectivity index is 2.23. The van der Waals surface area contributed by atoms with Crippen LogP contribution in [0.15, 0.2) is 22.7 Å². The Morgan fingerprint density at radius 3 is 2.67 bits per heavy atom. The number of thiazole rings is 1. The van der Waals surface area contributed by atoms with Crippen molar-refractivity contribution in [2.24, 2.45) is 0 Å². The van der Waals surface area contributed by atoms with Crippen LogP contribution in [-0.2, 0) is 6.42 Å². The number of aryl methyl sites for hydroxylation is 2. The number of rotatable bonds is 6. The number of aromatic nitrogens is 1. The molecule has 0 saturated carbocycles. The smallest absolute Gasteiger partial charge is 0.133 e. The largest absolute Gasteiger partial charge is 0.496 e. The molecular weight excluding hydrogens is 348 g/mol. The van der Waals surface area contributed by atoms with Crippen LogP contribution in [0, 0.1) is 13.8 Å². The Labute approximate surface area is 138 Å². The van der Waals surface area contributed by atoms with Crippen LogP contribution in [0.3, 0.4) is 0 Å². The van der Waals surface area contributed by atoms with Crippen LogP contribution in [-0.4, -0.2) is 18.6 Å². The molecule has 3 nitrogen and oxygen atoms in total. The summed E-state index contributed by atoms with van der Waals surface area (Å²) in [6.45, 7) is 7.26. The minimum absolute atomic E-state index is 0.266. The SMILES string of the molecule is CCNC(Cc1nc(C)c(C)s1)c1ccc(OC)c(Br)c1. The van der Waals surface area contributed by atoms with Crippen LogP contribution < -0.4 is 10.1 Å². The standard InChI is InChI=1S/C16H21BrN2OS/c1-5-18-14(9-16-19-10(2)11(3)21-16)12-6-7-15(20-4)13(17)8-12/h6-8,14,18H,5,9H2,1-4H3. The monoisotopic (exact) mass is 368 g/mol. The Morgan fingerprint density at radius 2 is 2.14 bits per heavy atom. The van der Waals surface area contributed by atoms with Crippen LogP contribution in [0.1, 0.15) is 34.1 Å². The highest BCUT2D eigenvalue weighted by Crippen LogP contribution is 2.30. The lowest BCUT2D eigenvalue weighted by atomic mass is 10.0. The number of methoxy groups -OCH3 is 1. The molecule has 0 amide bonds. The van der Waals surface area contributed by atoms with Gasteiger partial charge in [-0.25, -0.2) is 4.98 Å². The van der Waals surface area contributed by atoms with Gasteiger partial charge in [0.25, 0.3) is 0 Å². The number of hydrogen-bond acceptors (Lipinski definition) is 4. The molecule has 0 aliphatic rings. The van der Waals surface area contributed by atoms with Crippen LogP contribution >= 0.6 is 27.3 Å². The van der Waals surface area contributed by atoms with E-state index in [1.165, 1.54) is 15.4 Å². The lowest BCUT2D eigenvalue weighted by Gasteiger charge is -2.18. The third-order valence-corrected chi connectivity index (χ3v) is 5.20. The Bertz CT molecular complexity index is 593.